The van der Waals surface area contributed by atoms with Crippen LogP contribution in [0.15, 0.2) is 89.4 Å². The number of hydrogen-bond donors (Lipinski definition) is 0. The van der Waals surface area contributed by atoms with Gasteiger partial charge in [0.25, 0.3) is 5.91 Å². The van der Waals surface area contributed by atoms with Gasteiger partial charge in [-0.3, -0.25) is 9.59 Å². The first kappa shape index (κ1) is 27.1. The predicted molar refractivity (Wildman–Crippen MR) is 158 cm³/mol. The van der Waals surface area contributed by atoms with Crippen LogP contribution in [0.3, 0.4) is 0 Å². The number of carbonyl (C=O) groups is 2. The van der Waals surface area contributed by atoms with Crippen LogP contribution in [0, 0.1) is 12.8 Å². The van der Waals surface area contributed by atoms with Gasteiger partial charge in [-0.2, -0.15) is 0 Å². The highest BCUT2D eigenvalue weighted by atomic mass is 16.2. The SMILES string of the molecule is CCN(CC)c1ccc(N=C2C=C(C(=O)N(CCC(C)C)c3ccccc3)C(=O)c3ccccc32)c(C)c1. The van der Waals surface area contributed by atoms with E-state index in [-0.39, 0.29) is 17.3 Å². The smallest absolute Gasteiger partial charge is 0.262 e. The summed E-state index contributed by atoms with van der Waals surface area (Å²) in [4.78, 5) is 36.6. The summed E-state index contributed by atoms with van der Waals surface area (Å²) >= 11 is 0. The summed E-state index contributed by atoms with van der Waals surface area (Å²) in [7, 11) is 0. The number of carbonyl (C=O) groups excluding carboxylic acids is 2. The molecular formula is C33H37N3O2. The number of amides is 1. The molecule has 1 aliphatic carbocycles. The second kappa shape index (κ2) is 12.0. The van der Waals surface area contributed by atoms with E-state index in [1.54, 1.807) is 17.0 Å². The third kappa shape index (κ3) is 5.77. The topological polar surface area (TPSA) is 53.0 Å². The Morgan fingerprint density at radius 2 is 1.53 bits per heavy atom. The number of benzene rings is 3. The summed E-state index contributed by atoms with van der Waals surface area (Å²) in [5, 5.41) is 0. The molecule has 38 heavy (non-hydrogen) atoms. The largest absolute Gasteiger partial charge is 0.372 e. The quantitative estimate of drug-likeness (QED) is 0.289. The summed E-state index contributed by atoms with van der Waals surface area (Å²) in [6.07, 6.45) is 2.51. The summed E-state index contributed by atoms with van der Waals surface area (Å²) in [6, 6.07) is 23.2. The number of fused-ring (bicyclic) bond motifs is 1. The summed E-state index contributed by atoms with van der Waals surface area (Å²) in [5.41, 5.74) is 5.83. The van der Waals surface area contributed by atoms with Crippen molar-refractivity contribution in [3.05, 3.63) is 101 Å². The van der Waals surface area contributed by atoms with E-state index in [0.29, 0.717) is 23.7 Å². The molecule has 0 bridgehead atoms. The van der Waals surface area contributed by atoms with E-state index < -0.39 is 0 Å². The lowest BCUT2D eigenvalue weighted by atomic mass is 9.88. The highest BCUT2D eigenvalue weighted by Gasteiger charge is 2.32. The normalized spacial score (nSPS) is 13.9. The average Bonchev–Trinajstić information content (AvgIpc) is 2.92. The number of allylic oxidation sites excluding steroid dienone is 1. The number of ketones is 1. The molecule has 5 nitrogen and oxygen atoms in total. The Morgan fingerprint density at radius 3 is 2.16 bits per heavy atom. The van der Waals surface area contributed by atoms with Gasteiger partial charge in [-0.05, 0) is 75.1 Å². The molecule has 0 heterocycles. The number of nitrogens with zero attached hydrogens (tertiary/aromatic N) is 3. The summed E-state index contributed by atoms with van der Waals surface area (Å²) < 4.78 is 0. The van der Waals surface area contributed by atoms with E-state index in [1.165, 1.54) is 0 Å². The molecule has 1 aliphatic rings. The lowest BCUT2D eigenvalue weighted by Crippen LogP contribution is -2.37. The molecule has 3 aromatic carbocycles. The molecule has 0 fully saturated rings. The summed E-state index contributed by atoms with van der Waals surface area (Å²) in [6.45, 7) is 13.0. The number of aryl methyl sites for hydroxylation is 1. The second-order valence-electron chi connectivity index (χ2n) is 10.0. The standard InChI is InChI=1S/C33H37N3O2/c1-6-35(7-2)26-17-18-30(24(5)21-26)34-31-22-29(32(37)28-16-12-11-15-27(28)31)33(38)36(20-19-23(3)4)25-13-9-8-10-14-25/h8-18,21-23H,6-7,19-20H2,1-5H3. The molecule has 0 radical (unpaired) electrons. The maximum absolute atomic E-state index is 14.0. The maximum Gasteiger partial charge on any atom is 0.262 e. The fourth-order valence-corrected chi connectivity index (χ4v) is 4.75. The molecule has 0 N–H and O–H groups in total. The molecule has 0 unspecified atom stereocenters. The van der Waals surface area contributed by atoms with Crippen LogP contribution in [0.4, 0.5) is 17.1 Å². The number of hydrogen-bond acceptors (Lipinski definition) is 4. The van der Waals surface area contributed by atoms with Crippen LogP contribution in [0.5, 0.6) is 0 Å². The van der Waals surface area contributed by atoms with Gasteiger partial charge in [0, 0.05) is 42.1 Å². The lowest BCUT2D eigenvalue weighted by molar-refractivity contribution is -0.114. The van der Waals surface area contributed by atoms with Gasteiger partial charge in [0.2, 0.25) is 0 Å². The Labute approximate surface area is 226 Å². The minimum absolute atomic E-state index is 0.146. The van der Waals surface area contributed by atoms with E-state index in [0.717, 1.165) is 47.7 Å². The monoisotopic (exact) mass is 507 g/mol. The minimum atomic E-state index is -0.294. The zero-order valence-electron chi connectivity index (χ0n) is 23.1. The zero-order chi connectivity index (χ0) is 27.2. The van der Waals surface area contributed by atoms with Crippen molar-refractivity contribution < 1.29 is 9.59 Å². The molecule has 0 saturated heterocycles. The molecule has 0 saturated carbocycles. The van der Waals surface area contributed by atoms with Gasteiger partial charge < -0.3 is 9.80 Å². The molecule has 5 heteroatoms. The van der Waals surface area contributed by atoms with Gasteiger partial charge in [-0.25, -0.2) is 4.99 Å². The van der Waals surface area contributed by atoms with Crippen molar-refractivity contribution >= 4 is 34.5 Å². The van der Waals surface area contributed by atoms with E-state index in [9.17, 15) is 9.59 Å². The minimum Gasteiger partial charge on any atom is -0.372 e. The fourth-order valence-electron chi connectivity index (χ4n) is 4.75. The average molecular weight is 508 g/mol. The van der Waals surface area contributed by atoms with Crippen LogP contribution in [-0.4, -0.2) is 37.0 Å². The Hall–Kier alpha value is -3.99. The van der Waals surface area contributed by atoms with Crippen molar-refractivity contribution in [3.63, 3.8) is 0 Å². The molecule has 4 rings (SSSR count). The molecule has 0 aromatic heterocycles. The predicted octanol–water partition coefficient (Wildman–Crippen LogP) is 7.16. The van der Waals surface area contributed by atoms with Gasteiger partial charge >= 0.3 is 0 Å². The third-order valence-electron chi connectivity index (χ3n) is 7.00. The fraction of sp³-hybridized carbons (Fsp3) is 0.303. The van der Waals surface area contributed by atoms with Crippen LogP contribution in [0.2, 0.25) is 0 Å². The first-order valence-electron chi connectivity index (χ1n) is 13.5. The van der Waals surface area contributed by atoms with Crippen LogP contribution >= 0.6 is 0 Å². The van der Waals surface area contributed by atoms with E-state index in [2.05, 4.69) is 44.7 Å². The van der Waals surface area contributed by atoms with Gasteiger partial charge in [0.1, 0.15) is 0 Å². The van der Waals surface area contributed by atoms with Crippen LogP contribution in [0.25, 0.3) is 0 Å². The van der Waals surface area contributed by atoms with Crippen molar-refractivity contribution in [2.75, 3.05) is 29.4 Å². The Morgan fingerprint density at radius 1 is 0.868 bits per heavy atom. The molecule has 0 aliphatic heterocycles. The maximum atomic E-state index is 14.0. The first-order chi connectivity index (χ1) is 18.3. The highest BCUT2D eigenvalue weighted by Crippen LogP contribution is 2.30. The van der Waals surface area contributed by atoms with Gasteiger partial charge in [-0.15, -0.1) is 0 Å². The Bertz CT molecular complexity index is 1370. The number of anilines is 2. The lowest BCUT2D eigenvalue weighted by Gasteiger charge is -2.26. The van der Waals surface area contributed by atoms with Crippen LogP contribution in [-0.2, 0) is 4.79 Å². The highest BCUT2D eigenvalue weighted by molar-refractivity contribution is 6.37. The van der Waals surface area contributed by atoms with E-state index in [1.807, 2.05) is 61.5 Å². The van der Waals surface area contributed by atoms with Crippen molar-refractivity contribution in [1.82, 2.24) is 0 Å². The molecule has 0 spiro atoms. The van der Waals surface area contributed by atoms with Crippen molar-refractivity contribution in [3.8, 4) is 0 Å². The first-order valence-corrected chi connectivity index (χ1v) is 13.5. The van der Waals surface area contributed by atoms with Crippen LogP contribution < -0.4 is 9.80 Å². The van der Waals surface area contributed by atoms with Crippen LogP contribution in [0.1, 0.15) is 55.6 Å². The molecular weight excluding hydrogens is 470 g/mol. The van der Waals surface area contributed by atoms with E-state index in [4.69, 9.17) is 4.99 Å². The number of para-hydroxylation sites is 1. The zero-order valence-corrected chi connectivity index (χ0v) is 23.1. The number of Topliss-reactive ketones (excluding diaryl/α,β-unsaturated/α-hetero) is 1. The van der Waals surface area contributed by atoms with Gasteiger partial charge in [0.05, 0.1) is 17.0 Å². The van der Waals surface area contributed by atoms with Gasteiger partial charge in [0.15, 0.2) is 5.78 Å². The Balaban J connectivity index is 1.78. The summed E-state index contributed by atoms with van der Waals surface area (Å²) in [5.74, 6) is -0.133. The molecule has 3 aromatic rings. The van der Waals surface area contributed by atoms with E-state index >= 15 is 0 Å². The number of rotatable bonds is 9. The molecule has 196 valence electrons. The van der Waals surface area contributed by atoms with Crippen molar-refractivity contribution in [2.45, 2.75) is 41.0 Å². The molecule has 0 atom stereocenters. The number of aliphatic imine (C=N–C) groups is 1. The third-order valence-corrected chi connectivity index (χ3v) is 7.00. The molecule has 1 amide bonds. The van der Waals surface area contributed by atoms with Crippen molar-refractivity contribution in [2.24, 2.45) is 10.9 Å². The van der Waals surface area contributed by atoms with Crippen molar-refractivity contribution in [1.29, 1.82) is 0 Å². The van der Waals surface area contributed by atoms with Gasteiger partial charge in [-0.1, -0.05) is 56.3 Å². The Kier molecular flexibility index (Phi) is 8.57. The second-order valence-corrected chi connectivity index (χ2v) is 10.0.